The van der Waals surface area contributed by atoms with Crippen LogP contribution in [0.2, 0.25) is 0 Å². The average molecular weight is 316 g/mol. The van der Waals surface area contributed by atoms with Crippen molar-refractivity contribution < 1.29 is 8.78 Å². The molecule has 0 amide bonds. The SMILES string of the molecule is Cc1ccc(-c2nnc(SC(F)F)c3ccccc23)cc1C. The van der Waals surface area contributed by atoms with Gasteiger partial charge in [0, 0.05) is 16.3 Å². The number of hydrogen-bond acceptors (Lipinski definition) is 3. The van der Waals surface area contributed by atoms with Gasteiger partial charge in [0.05, 0.1) is 0 Å². The molecular weight excluding hydrogens is 302 g/mol. The van der Waals surface area contributed by atoms with Crippen LogP contribution in [-0.4, -0.2) is 16.0 Å². The van der Waals surface area contributed by atoms with Crippen molar-refractivity contribution in [2.24, 2.45) is 0 Å². The molecule has 3 rings (SSSR count). The van der Waals surface area contributed by atoms with Gasteiger partial charge in [-0.15, -0.1) is 10.2 Å². The summed E-state index contributed by atoms with van der Waals surface area (Å²) in [5.74, 6) is -2.51. The van der Waals surface area contributed by atoms with Crippen molar-refractivity contribution in [3.63, 3.8) is 0 Å². The Hall–Kier alpha value is -2.01. The third-order valence-electron chi connectivity index (χ3n) is 3.63. The lowest BCUT2D eigenvalue weighted by atomic mass is 10.0. The molecule has 0 saturated carbocycles. The van der Waals surface area contributed by atoms with E-state index in [9.17, 15) is 8.78 Å². The number of benzene rings is 2. The molecule has 0 N–H and O–H groups in total. The molecule has 5 heteroatoms. The predicted molar refractivity (Wildman–Crippen MR) is 86.3 cm³/mol. The first-order chi connectivity index (χ1) is 10.6. The zero-order chi connectivity index (χ0) is 15.7. The van der Waals surface area contributed by atoms with Crippen LogP contribution in [0.15, 0.2) is 47.5 Å². The highest BCUT2D eigenvalue weighted by molar-refractivity contribution is 7.99. The van der Waals surface area contributed by atoms with Crippen molar-refractivity contribution in [3.8, 4) is 11.3 Å². The highest BCUT2D eigenvalue weighted by Gasteiger charge is 2.15. The standard InChI is InChI=1S/C17H14F2N2S/c1-10-7-8-12(9-11(10)2)15-13-5-3-4-6-14(13)16(21-20-15)22-17(18)19/h3-9,17H,1-2H3. The summed E-state index contributed by atoms with van der Waals surface area (Å²) in [6, 6.07) is 13.5. The van der Waals surface area contributed by atoms with Crippen LogP contribution >= 0.6 is 11.8 Å². The Balaban J connectivity index is 2.21. The highest BCUT2D eigenvalue weighted by atomic mass is 32.2. The zero-order valence-corrected chi connectivity index (χ0v) is 13.0. The molecule has 2 nitrogen and oxygen atoms in total. The van der Waals surface area contributed by atoms with Gasteiger partial charge in [0.25, 0.3) is 5.76 Å². The van der Waals surface area contributed by atoms with Crippen LogP contribution in [0.4, 0.5) is 8.78 Å². The maximum atomic E-state index is 12.7. The van der Waals surface area contributed by atoms with Crippen molar-refractivity contribution in [1.82, 2.24) is 10.2 Å². The maximum absolute atomic E-state index is 12.7. The van der Waals surface area contributed by atoms with E-state index >= 15 is 0 Å². The zero-order valence-electron chi connectivity index (χ0n) is 12.2. The summed E-state index contributed by atoms with van der Waals surface area (Å²) in [6.07, 6.45) is 0. The van der Waals surface area contributed by atoms with Crippen molar-refractivity contribution >= 4 is 22.5 Å². The maximum Gasteiger partial charge on any atom is 0.290 e. The van der Waals surface area contributed by atoms with E-state index in [1.807, 2.05) is 50.2 Å². The molecule has 0 atom stereocenters. The third kappa shape index (κ3) is 2.81. The Morgan fingerprint density at radius 3 is 2.32 bits per heavy atom. The topological polar surface area (TPSA) is 25.8 Å². The number of nitrogens with zero attached hydrogens (tertiary/aromatic N) is 2. The molecule has 0 aliphatic heterocycles. The fourth-order valence-corrected chi connectivity index (χ4v) is 2.91. The molecule has 0 aliphatic carbocycles. The second kappa shape index (κ2) is 6.01. The number of fused-ring (bicyclic) bond motifs is 1. The summed E-state index contributed by atoms with van der Waals surface area (Å²) in [5.41, 5.74) is 4.03. The number of alkyl halides is 2. The molecule has 112 valence electrons. The third-order valence-corrected chi connectivity index (χ3v) is 4.34. The van der Waals surface area contributed by atoms with Crippen LogP contribution in [0, 0.1) is 13.8 Å². The Morgan fingerprint density at radius 1 is 0.909 bits per heavy atom. The minimum absolute atomic E-state index is 0.262. The quantitative estimate of drug-likeness (QED) is 0.619. The van der Waals surface area contributed by atoms with Crippen LogP contribution in [0.5, 0.6) is 0 Å². The minimum Gasteiger partial charge on any atom is -0.198 e. The van der Waals surface area contributed by atoms with Gasteiger partial charge in [0.1, 0.15) is 10.7 Å². The molecule has 0 spiro atoms. The summed E-state index contributed by atoms with van der Waals surface area (Å²) in [4.78, 5) is 0. The van der Waals surface area contributed by atoms with Crippen LogP contribution in [-0.2, 0) is 0 Å². The molecule has 3 aromatic rings. The molecule has 22 heavy (non-hydrogen) atoms. The van der Waals surface area contributed by atoms with E-state index in [4.69, 9.17) is 0 Å². The van der Waals surface area contributed by atoms with Crippen LogP contribution in [0.3, 0.4) is 0 Å². The fraction of sp³-hybridized carbons (Fsp3) is 0.176. The van der Waals surface area contributed by atoms with E-state index in [-0.39, 0.29) is 5.03 Å². The molecular formula is C17H14F2N2S. The molecule has 2 aromatic carbocycles. The molecule has 0 bridgehead atoms. The van der Waals surface area contributed by atoms with Gasteiger partial charge in [0.15, 0.2) is 0 Å². The number of halogens is 2. The number of aromatic nitrogens is 2. The Bertz CT molecular complexity index is 834. The van der Waals surface area contributed by atoms with Gasteiger partial charge in [-0.1, -0.05) is 36.4 Å². The van der Waals surface area contributed by atoms with E-state index in [0.29, 0.717) is 17.1 Å². The number of thioether (sulfide) groups is 1. The van der Waals surface area contributed by atoms with Crippen LogP contribution in [0.25, 0.3) is 22.0 Å². The molecule has 1 heterocycles. The Kier molecular flexibility index (Phi) is 4.07. The summed E-state index contributed by atoms with van der Waals surface area (Å²) in [6.45, 7) is 4.08. The van der Waals surface area contributed by atoms with E-state index in [2.05, 4.69) is 10.2 Å². The van der Waals surface area contributed by atoms with Gasteiger partial charge in [-0.05, 0) is 42.8 Å². The summed E-state index contributed by atoms with van der Waals surface area (Å²) >= 11 is 0.430. The van der Waals surface area contributed by atoms with E-state index < -0.39 is 5.76 Å². The normalized spacial score (nSPS) is 11.3. The molecule has 0 unspecified atom stereocenters. The second-order valence-corrected chi connectivity index (χ2v) is 6.06. The summed E-state index contributed by atoms with van der Waals surface area (Å²) < 4.78 is 25.3. The first-order valence-electron chi connectivity index (χ1n) is 6.84. The average Bonchev–Trinajstić information content (AvgIpc) is 2.50. The predicted octanol–water partition coefficient (Wildman–Crippen LogP) is 5.23. The minimum atomic E-state index is -2.51. The monoisotopic (exact) mass is 316 g/mol. The number of aryl methyl sites for hydroxylation is 2. The lowest BCUT2D eigenvalue weighted by Gasteiger charge is -2.10. The lowest BCUT2D eigenvalue weighted by molar-refractivity contribution is 0.252. The van der Waals surface area contributed by atoms with Crippen molar-refractivity contribution in [1.29, 1.82) is 0 Å². The summed E-state index contributed by atoms with van der Waals surface area (Å²) in [5, 5.41) is 10.0. The Morgan fingerprint density at radius 2 is 1.64 bits per heavy atom. The molecule has 0 fully saturated rings. The molecule has 0 aliphatic rings. The van der Waals surface area contributed by atoms with Gasteiger partial charge in [-0.3, -0.25) is 0 Å². The van der Waals surface area contributed by atoms with Crippen LogP contribution in [0.1, 0.15) is 11.1 Å². The Labute approximate surface area is 131 Å². The molecule has 0 radical (unpaired) electrons. The van der Waals surface area contributed by atoms with E-state index in [1.54, 1.807) is 6.07 Å². The van der Waals surface area contributed by atoms with Crippen molar-refractivity contribution in [3.05, 3.63) is 53.6 Å². The van der Waals surface area contributed by atoms with Gasteiger partial charge in [-0.2, -0.15) is 8.78 Å². The van der Waals surface area contributed by atoms with E-state index in [1.165, 1.54) is 5.56 Å². The van der Waals surface area contributed by atoms with Gasteiger partial charge >= 0.3 is 0 Å². The first-order valence-corrected chi connectivity index (χ1v) is 7.72. The van der Waals surface area contributed by atoms with Crippen molar-refractivity contribution in [2.45, 2.75) is 24.6 Å². The van der Waals surface area contributed by atoms with Crippen LogP contribution < -0.4 is 0 Å². The molecule has 1 aromatic heterocycles. The van der Waals surface area contributed by atoms with Gasteiger partial charge in [0.2, 0.25) is 0 Å². The van der Waals surface area contributed by atoms with Gasteiger partial charge in [-0.25, -0.2) is 0 Å². The van der Waals surface area contributed by atoms with E-state index in [0.717, 1.165) is 22.2 Å². The highest BCUT2D eigenvalue weighted by Crippen LogP contribution is 2.34. The number of hydrogen-bond donors (Lipinski definition) is 0. The first kappa shape index (κ1) is 14.9. The van der Waals surface area contributed by atoms with Crippen molar-refractivity contribution in [2.75, 3.05) is 0 Å². The second-order valence-electron chi connectivity index (χ2n) is 5.08. The van der Waals surface area contributed by atoms with Gasteiger partial charge < -0.3 is 0 Å². The molecule has 0 saturated heterocycles. The smallest absolute Gasteiger partial charge is 0.198 e. The fourth-order valence-electron chi connectivity index (χ4n) is 2.35. The summed E-state index contributed by atoms with van der Waals surface area (Å²) in [7, 11) is 0. The lowest BCUT2D eigenvalue weighted by Crippen LogP contribution is -1.96. The largest absolute Gasteiger partial charge is 0.290 e. The number of rotatable bonds is 3.